The van der Waals surface area contributed by atoms with Gasteiger partial charge in [-0.1, -0.05) is 88.1 Å². The summed E-state index contributed by atoms with van der Waals surface area (Å²) in [5.74, 6) is 0.605. The Kier molecular flexibility index (Phi) is 13.9. The maximum atomic E-state index is 6.08. The molecule has 1 aromatic carbocycles. The van der Waals surface area contributed by atoms with Crippen molar-refractivity contribution in [2.75, 3.05) is 13.1 Å². The molecular weight excluding hydrogens is 563 g/mol. The zero-order chi connectivity index (χ0) is 32.1. The number of aromatic nitrogens is 2. The summed E-state index contributed by atoms with van der Waals surface area (Å²) in [6.07, 6.45) is 19.4. The van der Waals surface area contributed by atoms with E-state index < -0.39 is 0 Å². The first-order valence-corrected chi connectivity index (χ1v) is 16.6. The van der Waals surface area contributed by atoms with Gasteiger partial charge in [0.1, 0.15) is 12.0 Å². The number of hydrogen-bond acceptors (Lipinski definition) is 6. The molecular formula is C37H51N5OS. The number of fused-ring (bicyclic) bond motifs is 1. The van der Waals surface area contributed by atoms with Gasteiger partial charge >= 0.3 is 5.84 Å². The normalized spacial score (nSPS) is 16.2. The van der Waals surface area contributed by atoms with Gasteiger partial charge in [-0.25, -0.2) is 4.31 Å². The molecule has 3 N–H and O–H groups in total. The smallest absolute Gasteiger partial charge is 0.306 e. The summed E-state index contributed by atoms with van der Waals surface area (Å²) < 4.78 is 9.88. The Labute approximate surface area is 269 Å². The Balaban J connectivity index is 0.000000228. The Morgan fingerprint density at radius 3 is 2.55 bits per heavy atom. The molecule has 3 heterocycles. The minimum absolute atomic E-state index is 0.597. The number of aryl methyl sites for hydroxylation is 1. The van der Waals surface area contributed by atoms with Crippen molar-refractivity contribution in [1.29, 1.82) is 0 Å². The summed E-state index contributed by atoms with van der Waals surface area (Å²) in [4.78, 5) is 6.07. The zero-order valence-corrected chi connectivity index (χ0v) is 28.3. The van der Waals surface area contributed by atoms with E-state index in [4.69, 9.17) is 10.2 Å². The first-order valence-electron chi connectivity index (χ1n) is 15.8. The molecule has 2 aromatic heterocycles. The molecule has 1 saturated heterocycles. The average Bonchev–Trinajstić information content (AvgIpc) is 3.62. The van der Waals surface area contributed by atoms with E-state index in [2.05, 4.69) is 85.0 Å². The highest BCUT2D eigenvalue weighted by molar-refractivity contribution is 8.00. The number of nitrogens with two attached hydrogens (primary N) is 1. The van der Waals surface area contributed by atoms with Gasteiger partial charge in [-0.15, -0.1) is 0 Å². The van der Waals surface area contributed by atoms with Crippen molar-refractivity contribution in [2.24, 2.45) is 5.73 Å². The van der Waals surface area contributed by atoms with Crippen LogP contribution < -0.4 is 11.1 Å². The van der Waals surface area contributed by atoms with Crippen LogP contribution in [0.2, 0.25) is 0 Å². The maximum Gasteiger partial charge on any atom is 0.306 e. The second-order valence-corrected chi connectivity index (χ2v) is 12.2. The fourth-order valence-electron chi connectivity index (χ4n) is 5.30. The first-order chi connectivity index (χ1) is 21.3. The summed E-state index contributed by atoms with van der Waals surface area (Å²) in [5, 5.41) is 3.46. The highest BCUT2D eigenvalue weighted by Gasteiger charge is 2.21. The molecule has 6 nitrogen and oxygen atoms in total. The molecule has 0 saturated carbocycles. The van der Waals surface area contributed by atoms with Crippen molar-refractivity contribution in [3.8, 4) is 11.3 Å². The molecule has 1 fully saturated rings. The van der Waals surface area contributed by atoms with Crippen LogP contribution in [0.25, 0.3) is 22.7 Å². The number of benzene rings is 1. The fraction of sp³-hybridized carbons (Fsp3) is 0.378. The van der Waals surface area contributed by atoms with E-state index in [0.717, 1.165) is 66.3 Å². The zero-order valence-electron chi connectivity index (χ0n) is 27.5. The van der Waals surface area contributed by atoms with Gasteiger partial charge in [-0.2, -0.15) is 4.98 Å². The van der Waals surface area contributed by atoms with Crippen LogP contribution in [-0.4, -0.2) is 32.8 Å². The predicted molar refractivity (Wildman–Crippen MR) is 191 cm³/mol. The van der Waals surface area contributed by atoms with Gasteiger partial charge < -0.3 is 15.5 Å². The maximum absolute atomic E-state index is 6.08. The summed E-state index contributed by atoms with van der Waals surface area (Å²) in [6, 6.07) is 8.92. The second-order valence-electron chi connectivity index (χ2n) is 10.9. The SMILES string of the molecule is C=C(C)NC1CCN(SC2=CC=C(/C(N)=C\CC)CC2)CC1.C=C/C=C(\C)c1c(-c2cccc(C)c2)nc2occn12.CC. The van der Waals surface area contributed by atoms with Crippen molar-refractivity contribution in [3.05, 3.63) is 113 Å². The third kappa shape index (κ3) is 9.66. The molecule has 0 bridgehead atoms. The third-order valence-electron chi connectivity index (χ3n) is 7.35. The number of imidazole rings is 1. The molecule has 2 aliphatic rings. The topological polar surface area (TPSA) is 71.7 Å². The highest BCUT2D eigenvalue weighted by atomic mass is 32.2. The monoisotopic (exact) mass is 613 g/mol. The molecule has 0 atom stereocenters. The molecule has 5 rings (SSSR count). The van der Waals surface area contributed by atoms with Gasteiger partial charge in [-0.3, -0.25) is 4.40 Å². The summed E-state index contributed by atoms with van der Waals surface area (Å²) in [6.45, 7) is 22.3. The number of rotatable bonds is 9. The molecule has 44 heavy (non-hydrogen) atoms. The molecule has 1 aliphatic carbocycles. The number of piperidine rings is 1. The summed E-state index contributed by atoms with van der Waals surface area (Å²) in [7, 11) is 0. The Hall–Kier alpha value is -3.68. The molecule has 1 aliphatic heterocycles. The van der Waals surface area contributed by atoms with Gasteiger partial charge in [0, 0.05) is 47.2 Å². The molecule has 3 aromatic rings. The average molecular weight is 614 g/mol. The van der Waals surface area contributed by atoms with Crippen molar-refractivity contribution in [2.45, 2.75) is 79.7 Å². The number of hydrogen-bond donors (Lipinski definition) is 2. The van der Waals surface area contributed by atoms with Gasteiger partial charge in [-0.05, 0) is 82.0 Å². The lowest BCUT2D eigenvalue weighted by molar-refractivity contribution is 0.322. The molecule has 236 valence electrons. The van der Waals surface area contributed by atoms with Crippen LogP contribution in [0.1, 0.15) is 78.0 Å². The van der Waals surface area contributed by atoms with E-state index in [1.165, 1.54) is 28.9 Å². The second kappa shape index (κ2) is 17.6. The molecule has 0 spiro atoms. The van der Waals surface area contributed by atoms with Gasteiger partial charge in [0.25, 0.3) is 0 Å². The van der Waals surface area contributed by atoms with E-state index in [9.17, 15) is 0 Å². The van der Waals surface area contributed by atoms with E-state index in [0.29, 0.717) is 11.9 Å². The number of nitrogens with one attached hydrogen (secondary N) is 1. The van der Waals surface area contributed by atoms with E-state index in [-0.39, 0.29) is 0 Å². The minimum atomic E-state index is 0.597. The van der Waals surface area contributed by atoms with E-state index in [1.54, 1.807) is 12.3 Å². The Morgan fingerprint density at radius 1 is 1.18 bits per heavy atom. The highest BCUT2D eigenvalue weighted by Crippen LogP contribution is 2.33. The van der Waals surface area contributed by atoms with Crippen molar-refractivity contribution >= 4 is 23.4 Å². The van der Waals surface area contributed by atoms with Crippen molar-refractivity contribution in [1.82, 2.24) is 19.0 Å². The lowest BCUT2D eigenvalue weighted by atomic mass is 10.0. The third-order valence-corrected chi connectivity index (χ3v) is 8.55. The lowest BCUT2D eigenvalue weighted by Gasteiger charge is -2.32. The van der Waals surface area contributed by atoms with Crippen LogP contribution in [0.3, 0.4) is 0 Å². The molecule has 0 unspecified atom stereocenters. The Bertz CT molecular complexity index is 1510. The first kappa shape index (κ1) is 34.8. The molecule has 0 radical (unpaired) electrons. The quantitative estimate of drug-likeness (QED) is 0.185. The van der Waals surface area contributed by atoms with Crippen molar-refractivity contribution in [3.63, 3.8) is 0 Å². The van der Waals surface area contributed by atoms with Crippen LogP contribution in [0, 0.1) is 6.92 Å². The van der Waals surface area contributed by atoms with Gasteiger partial charge in [0.15, 0.2) is 0 Å². The van der Waals surface area contributed by atoms with E-state index in [1.807, 2.05) is 55.5 Å². The standard InChI is InChI=1S/C18H29N3S.C17H16N2O.C2H6/c1-4-5-18(19)15-6-8-17(9-7-15)22-21-12-10-16(11-13-21)20-14(2)3;1-4-6-13(3)16-15(14-8-5-7-12(2)11-14)18-17-19(16)9-10-20-17;1-2/h5-6,8,16,20H,2,4,7,9-13,19H2,1,3H3;4-11H,1H2,2-3H3;1-2H3/b18-5+;13-6+;. The Morgan fingerprint density at radius 2 is 1.93 bits per heavy atom. The number of allylic oxidation sites excluding steroid dienone is 9. The molecule has 7 heteroatoms. The van der Waals surface area contributed by atoms with Gasteiger partial charge in [0.05, 0.1) is 5.69 Å². The largest absolute Gasteiger partial charge is 0.432 e. The van der Waals surface area contributed by atoms with E-state index >= 15 is 0 Å². The van der Waals surface area contributed by atoms with Crippen LogP contribution >= 0.6 is 11.9 Å². The van der Waals surface area contributed by atoms with Crippen LogP contribution in [0.15, 0.2) is 107 Å². The fourth-order valence-corrected chi connectivity index (χ4v) is 6.35. The van der Waals surface area contributed by atoms with Crippen LogP contribution in [0.5, 0.6) is 0 Å². The van der Waals surface area contributed by atoms with Crippen LogP contribution in [0.4, 0.5) is 0 Å². The number of nitrogens with zero attached hydrogens (tertiary/aromatic N) is 3. The summed E-state index contributed by atoms with van der Waals surface area (Å²) in [5.41, 5.74) is 14.8. The lowest BCUT2D eigenvalue weighted by Crippen LogP contribution is -2.39. The minimum Gasteiger partial charge on any atom is -0.432 e. The summed E-state index contributed by atoms with van der Waals surface area (Å²) >= 11 is 1.93. The predicted octanol–water partition coefficient (Wildman–Crippen LogP) is 9.60. The molecule has 0 amide bonds. The van der Waals surface area contributed by atoms with Crippen molar-refractivity contribution < 1.29 is 4.42 Å². The van der Waals surface area contributed by atoms with Crippen LogP contribution in [-0.2, 0) is 0 Å². The number of oxazole rings is 1. The van der Waals surface area contributed by atoms with Gasteiger partial charge in [0.2, 0.25) is 0 Å².